The van der Waals surface area contributed by atoms with Crippen LogP contribution in [-0.2, 0) is 22.4 Å². The fourth-order valence-electron chi connectivity index (χ4n) is 2.72. The third-order valence-electron chi connectivity index (χ3n) is 3.98. The Morgan fingerprint density at radius 3 is 2.67 bits per heavy atom. The van der Waals surface area contributed by atoms with Crippen molar-refractivity contribution in [3.05, 3.63) is 35.4 Å². The lowest BCUT2D eigenvalue weighted by Gasteiger charge is -2.19. The molecule has 2 rings (SSSR count). The smallest absolute Gasteiger partial charge is 0.326 e. The van der Waals surface area contributed by atoms with Crippen LogP contribution in [0.5, 0.6) is 0 Å². The van der Waals surface area contributed by atoms with Gasteiger partial charge in [-0.3, -0.25) is 4.79 Å². The van der Waals surface area contributed by atoms with Gasteiger partial charge in [0.25, 0.3) is 0 Å². The number of thiol groups is 1. The van der Waals surface area contributed by atoms with Crippen molar-refractivity contribution in [1.29, 1.82) is 0 Å². The van der Waals surface area contributed by atoms with E-state index in [1.165, 1.54) is 11.1 Å². The summed E-state index contributed by atoms with van der Waals surface area (Å²) in [5.41, 5.74) is 2.42. The standard InChI is InChI=1S/C16H21NO3S/c18-15-13(10-21)9-12-7-2-1-5-11(12)6-3-4-8-14(17-15)16(19)20/h1-2,5,7,13-14,21H,3-4,6,8-10H2,(H,17,18)(H,19,20)/t13-,14?/m0/s1. The van der Waals surface area contributed by atoms with Crippen LogP contribution < -0.4 is 5.32 Å². The van der Waals surface area contributed by atoms with Crippen molar-refractivity contribution in [2.45, 2.75) is 38.1 Å². The molecule has 0 fully saturated rings. The maximum Gasteiger partial charge on any atom is 0.326 e. The van der Waals surface area contributed by atoms with E-state index in [2.05, 4.69) is 24.0 Å². The number of rotatable bonds is 2. The van der Waals surface area contributed by atoms with Gasteiger partial charge >= 0.3 is 5.97 Å². The fourth-order valence-corrected chi connectivity index (χ4v) is 3.01. The minimum absolute atomic E-state index is 0.214. The van der Waals surface area contributed by atoms with Crippen LogP contribution in [0.25, 0.3) is 0 Å². The zero-order valence-corrected chi connectivity index (χ0v) is 12.8. The van der Waals surface area contributed by atoms with E-state index >= 15 is 0 Å². The predicted octanol–water partition coefficient (Wildman–Crippen LogP) is 2.07. The van der Waals surface area contributed by atoms with E-state index in [9.17, 15) is 14.7 Å². The van der Waals surface area contributed by atoms with E-state index in [0.29, 0.717) is 18.6 Å². The Balaban J connectivity index is 2.24. The van der Waals surface area contributed by atoms with Crippen LogP contribution in [0.2, 0.25) is 0 Å². The fraction of sp³-hybridized carbons (Fsp3) is 0.500. The van der Waals surface area contributed by atoms with Gasteiger partial charge in [0, 0.05) is 5.75 Å². The highest BCUT2D eigenvalue weighted by Crippen LogP contribution is 2.20. The van der Waals surface area contributed by atoms with Crippen molar-refractivity contribution >= 4 is 24.5 Å². The molecule has 0 spiro atoms. The number of carbonyl (C=O) groups excluding carboxylic acids is 1. The average Bonchev–Trinajstić information content (AvgIpc) is 2.50. The number of carbonyl (C=O) groups is 2. The second-order valence-electron chi connectivity index (χ2n) is 5.50. The van der Waals surface area contributed by atoms with Crippen LogP contribution in [0, 0.1) is 5.92 Å². The van der Waals surface area contributed by atoms with Gasteiger partial charge in [-0.15, -0.1) is 0 Å². The van der Waals surface area contributed by atoms with E-state index in [4.69, 9.17) is 0 Å². The lowest BCUT2D eigenvalue weighted by molar-refractivity contribution is -0.142. The number of amides is 1. The number of benzene rings is 1. The Bertz CT molecular complexity index is 518. The van der Waals surface area contributed by atoms with Gasteiger partial charge in [-0.1, -0.05) is 30.7 Å². The second kappa shape index (κ2) is 7.50. The number of carboxylic acid groups (broad SMARTS) is 1. The summed E-state index contributed by atoms with van der Waals surface area (Å²) < 4.78 is 0. The largest absolute Gasteiger partial charge is 0.480 e. The van der Waals surface area contributed by atoms with Crippen molar-refractivity contribution in [3.8, 4) is 0 Å². The van der Waals surface area contributed by atoms with Crippen molar-refractivity contribution in [1.82, 2.24) is 5.32 Å². The minimum Gasteiger partial charge on any atom is -0.480 e. The van der Waals surface area contributed by atoms with Crippen molar-refractivity contribution in [2.24, 2.45) is 5.92 Å². The Morgan fingerprint density at radius 1 is 1.29 bits per heavy atom. The Hall–Kier alpha value is -1.49. The van der Waals surface area contributed by atoms with E-state index in [-0.39, 0.29) is 11.8 Å². The molecule has 1 aromatic rings. The number of hydrogen-bond donors (Lipinski definition) is 3. The van der Waals surface area contributed by atoms with E-state index in [1.54, 1.807) is 0 Å². The van der Waals surface area contributed by atoms with Gasteiger partial charge in [0.2, 0.25) is 5.91 Å². The van der Waals surface area contributed by atoms with Crippen LogP contribution in [0.4, 0.5) is 0 Å². The van der Waals surface area contributed by atoms with Crippen molar-refractivity contribution < 1.29 is 14.7 Å². The quantitative estimate of drug-likeness (QED) is 0.733. The molecule has 1 heterocycles. The summed E-state index contributed by atoms with van der Waals surface area (Å²) in [4.78, 5) is 23.5. The molecule has 5 heteroatoms. The van der Waals surface area contributed by atoms with E-state index in [0.717, 1.165) is 19.3 Å². The van der Waals surface area contributed by atoms with E-state index in [1.807, 2.05) is 18.2 Å². The molecule has 2 N–H and O–H groups in total. The molecule has 0 saturated heterocycles. The third kappa shape index (κ3) is 4.24. The van der Waals surface area contributed by atoms with Crippen molar-refractivity contribution in [2.75, 3.05) is 5.75 Å². The van der Waals surface area contributed by atoms with Gasteiger partial charge in [0.15, 0.2) is 0 Å². The molecule has 1 aliphatic heterocycles. The molecule has 0 aliphatic carbocycles. The van der Waals surface area contributed by atoms with Crippen LogP contribution in [-0.4, -0.2) is 28.8 Å². The van der Waals surface area contributed by atoms with Crippen LogP contribution in [0.1, 0.15) is 30.4 Å². The van der Waals surface area contributed by atoms with Gasteiger partial charge < -0.3 is 10.4 Å². The van der Waals surface area contributed by atoms with Gasteiger partial charge in [0.05, 0.1) is 5.92 Å². The zero-order valence-electron chi connectivity index (χ0n) is 11.9. The first-order chi connectivity index (χ1) is 10.1. The zero-order chi connectivity index (χ0) is 15.2. The van der Waals surface area contributed by atoms with Gasteiger partial charge in [-0.2, -0.15) is 12.6 Å². The molecule has 0 bridgehead atoms. The summed E-state index contributed by atoms with van der Waals surface area (Å²) in [7, 11) is 0. The van der Waals surface area contributed by atoms with Gasteiger partial charge in [-0.25, -0.2) is 4.79 Å². The second-order valence-corrected chi connectivity index (χ2v) is 5.86. The van der Waals surface area contributed by atoms with Crippen molar-refractivity contribution in [3.63, 3.8) is 0 Å². The number of aliphatic carboxylic acids is 1. The van der Waals surface area contributed by atoms with Crippen LogP contribution in [0.15, 0.2) is 24.3 Å². The maximum absolute atomic E-state index is 12.3. The normalized spacial score (nSPS) is 23.6. The van der Waals surface area contributed by atoms with Crippen LogP contribution >= 0.6 is 12.6 Å². The third-order valence-corrected chi connectivity index (χ3v) is 4.42. The van der Waals surface area contributed by atoms with E-state index < -0.39 is 12.0 Å². The molecular weight excluding hydrogens is 286 g/mol. The number of aryl methyl sites for hydroxylation is 1. The van der Waals surface area contributed by atoms with Gasteiger partial charge in [0.1, 0.15) is 6.04 Å². The number of nitrogens with one attached hydrogen (secondary N) is 1. The molecule has 1 amide bonds. The molecular formula is C16H21NO3S. The number of fused-ring (bicyclic) bond motifs is 1. The Labute approximate surface area is 130 Å². The maximum atomic E-state index is 12.3. The molecule has 4 nitrogen and oxygen atoms in total. The lowest BCUT2D eigenvalue weighted by atomic mass is 9.94. The minimum atomic E-state index is -0.960. The molecule has 21 heavy (non-hydrogen) atoms. The highest BCUT2D eigenvalue weighted by atomic mass is 32.1. The first-order valence-corrected chi connectivity index (χ1v) is 7.96. The number of carboxylic acids is 1. The topological polar surface area (TPSA) is 66.4 Å². The highest BCUT2D eigenvalue weighted by molar-refractivity contribution is 7.80. The summed E-state index contributed by atoms with van der Waals surface area (Å²) >= 11 is 4.26. The summed E-state index contributed by atoms with van der Waals surface area (Å²) in [6, 6.07) is 7.34. The predicted molar refractivity (Wildman–Crippen MR) is 84.6 cm³/mol. The Morgan fingerprint density at radius 2 is 2.00 bits per heavy atom. The molecule has 114 valence electrons. The molecule has 0 aromatic heterocycles. The molecule has 1 aliphatic rings. The first kappa shape index (κ1) is 15.9. The molecule has 0 saturated carbocycles. The highest BCUT2D eigenvalue weighted by Gasteiger charge is 2.25. The summed E-state index contributed by atoms with van der Waals surface area (Å²) in [5.74, 6) is -1.06. The Kier molecular flexibility index (Phi) is 5.67. The summed E-state index contributed by atoms with van der Waals surface area (Å²) in [6.45, 7) is 0. The molecule has 1 aromatic carbocycles. The number of hydrogen-bond acceptors (Lipinski definition) is 3. The molecule has 1 unspecified atom stereocenters. The molecule has 2 atom stereocenters. The monoisotopic (exact) mass is 307 g/mol. The first-order valence-electron chi connectivity index (χ1n) is 7.32. The van der Waals surface area contributed by atoms with Crippen LogP contribution in [0.3, 0.4) is 0 Å². The summed E-state index contributed by atoms with van der Waals surface area (Å²) in [5, 5.41) is 11.9. The van der Waals surface area contributed by atoms with Gasteiger partial charge in [-0.05, 0) is 36.8 Å². The SMILES string of the molecule is O=C(O)C1CCCCc2ccccc2C[C@@H](CS)C(=O)N1. The molecule has 0 radical (unpaired) electrons. The summed E-state index contributed by atoms with van der Waals surface area (Å²) in [6.07, 6.45) is 3.73. The lowest BCUT2D eigenvalue weighted by Crippen LogP contribution is -2.44. The average molecular weight is 307 g/mol.